The number of amides is 1. The number of fused-ring (bicyclic) bond motifs is 1. The molecular formula is C25H24N2OS2. The van der Waals surface area contributed by atoms with Gasteiger partial charge in [-0.15, -0.1) is 0 Å². The Balaban J connectivity index is 1.73. The van der Waals surface area contributed by atoms with Gasteiger partial charge in [0.1, 0.15) is 0 Å². The summed E-state index contributed by atoms with van der Waals surface area (Å²) in [5.74, 6) is 0.778. The van der Waals surface area contributed by atoms with Crippen molar-refractivity contribution in [2.75, 3.05) is 12.0 Å². The third-order valence-electron chi connectivity index (χ3n) is 5.07. The molecule has 0 aliphatic rings. The van der Waals surface area contributed by atoms with Crippen LogP contribution in [0.3, 0.4) is 0 Å². The number of benzene rings is 3. The molecule has 1 aromatic heterocycles. The molecule has 0 aliphatic heterocycles. The number of hydrogen-bond acceptors (Lipinski definition) is 3. The van der Waals surface area contributed by atoms with E-state index in [1.54, 1.807) is 23.1 Å². The molecule has 0 fully saturated rings. The van der Waals surface area contributed by atoms with Gasteiger partial charge in [-0.05, 0) is 60.6 Å². The van der Waals surface area contributed by atoms with Crippen LogP contribution in [-0.2, 0) is 6.54 Å². The van der Waals surface area contributed by atoms with Crippen LogP contribution >= 0.6 is 23.1 Å². The molecule has 30 heavy (non-hydrogen) atoms. The van der Waals surface area contributed by atoms with Crippen LogP contribution < -0.4 is 4.80 Å². The van der Waals surface area contributed by atoms with Crippen molar-refractivity contribution in [2.24, 2.45) is 4.99 Å². The lowest BCUT2D eigenvalue weighted by Gasteiger charge is -2.06. The molecule has 0 unspecified atom stereocenters. The van der Waals surface area contributed by atoms with Crippen LogP contribution in [0.1, 0.15) is 21.5 Å². The smallest absolute Gasteiger partial charge is 0.279 e. The van der Waals surface area contributed by atoms with Crippen molar-refractivity contribution in [3.05, 3.63) is 88.2 Å². The first-order chi connectivity index (χ1) is 14.6. The normalized spacial score (nSPS) is 11.9. The average molecular weight is 433 g/mol. The molecule has 0 radical (unpaired) electrons. The fourth-order valence-corrected chi connectivity index (χ4v) is 5.05. The zero-order valence-corrected chi connectivity index (χ0v) is 19.0. The fourth-order valence-electron chi connectivity index (χ4n) is 3.58. The number of aromatic nitrogens is 1. The van der Waals surface area contributed by atoms with Crippen molar-refractivity contribution in [2.45, 2.75) is 20.4 Å². The van der Waals surface area contributed by atoms with Gasteiger partial charge in [0.2, 0.25) is 0 Å². The van der Waals surface area contributed by atoms with Gasteiger partial charge in [-0.2, -0.15) is 16.8 Å². The Labute approximate surface area is 185 Å². The molecule has 0 N–H and O–H groups in total. The number of thioether (sulfide) groups is 1. The Kier molecular flexibility index (Phi) is 6.21. The monoisotopic (exact) mass is 432 g/mol. The fraction of sp³-hybridized carbons (Fsp3) is 0.200. The van der Waals surface area contributed by atoms with E-state index in [0.717, 1.165) is 33.7 Å². The predicted octanol–water partition coefficient (Wildman–Crippen LogP) is 6.09. The van der Waals surface area contributed by atoms with Crippen LogP contribution in [0, 0.1) is 13.8 Å². The van der Waals surface area contributed by atoms with E-state index in [0.29, 0.717) is 5.56 Å². The zero-order chi connectivity index (χ0) is 21.1. The maximum absolute atomic E-state index is 12.9. The lowest BCUT2D eigenvalue weighted by Crippen LogP contribution is -2.18. The number of carbonyl (C=O) groups is 1. The third-order valence-corrected chi connectivity index (χ3v) is 6.89. The van der Waals surface area contributed by atoms with E-state index in [-0.39, 0.29) is 5.91 Å². The summed E-state index contributed by atoms with van der Waals surface area (Å²) in [6.45, 7) is 5.07. The van der Waals surface area contributed by atoms with Gasteiger partial charge in [0.05, 0.1) is 10.2 Å². The first kappa shape index (κ1) is 20.6. The molecule has 1 amide bonds. The quantitative estimate of drug-likeness (QED) is 0.382. The molecule has 0 spiro atoms. The topological polar surface area (TPSA) is 34.4 Å². The highest BCUT2D eigenvalue weighted by Gasteiger charge is 2.12. The number of hydrogen-bond donors (Lipinski definition) is 0. The largest absolute Gasteiger partial charge is 0.315 e. The Bertz CT molecular complexity index is 1250. The molecule has 0 atom stereocenters. The Morgan fingerprint density at radius 1 is 1.00 bits per heavy atom. The Morgan fingerprint density at radius 2 is 1.70 bits per heavy atom. The summed E-state index contributed by atoms with van der Waals surface area (Å²) in [7, 11) is 0. The van der Waals surface area contributed by atoms with Crippen LogP contribution in [0.2, 0.25) is 0 Å². The van der Waals surface area contributed by atoms with Gasteiger partial charge in [-0.1, -0.05) is 59.9 Å². The Hall–Kier alpha value is -2.63. The van der Waals surface area contributed by atoms with Crippen LogP contribution in [0.25, 0.3) is 21.3 Å². The minimum atomic E-state index is -0.201. The van der Waals surface area contributed by atoms with Crippen molar-refractivity contribution >= 4 is 39.2 Å². The SMILES string of the molecule is CSCCn1c(=NC(=O)c2ccc(-c3ccccc3)cc2)sc2c(C)cc(C)cc21. The van der Waals surface area contributed by atoms with E-state index < -0.39 is 0 Å². The standard InChI is InChI=1S/C25H24N2OS2/c1-17-15-18(2)23-22(16-17)27(13-14-29-3)25(30-23)26-24(28)21-11-9-20(10-12-21)19-7-5-4-6-8-19/h4-12,15-16H,13-14H2,1-3H3. The molecule has 5 heteroatoms. The van der Waals surface area contributed by atoms with Crippen LogP contribution in [-0.4, -0.2) is 22.5 Å². The lowest BCUT2D eigenvalue weighted by atomic mass is 10.0. The van der Waals surface area contributed by atoms with Crippen molar-refractivity contribution in [3.8, 4) is 11.1 Å². The molecular weight excluding hydrogens is 408 g/mol. The second-order valence-electron chi connectivity index (χ2n) is 7.32. The van der Waals surface area contributed by atoms with E-state index in [1.165, 1.54) is 15.8 Å². The van der Waals surface area contributed by atoms with Crippen molar-refractivity contribution in [1.82, 2.24) is 4.57 Å². The Morgan fingerprint density at radius 3 is 2.40 bits per heavy atom. The van der Waals surface area contributed by atoms with Gasteiger partial charge in [0, 0.05) is 17.9 Å². The molecule has 0 saturated carbocycles. The highest BCUT2D eigenvalue weighted by molar-refractivity contribution is 7.98. The van der Waals surface area contributed by atoms with E-state index in [4.69, 9.17) is 0 Å². The number of carbonyl (C=O) groups excluding carboxylic acids is 1. The van der Waals surface area contributed by atoms with Gasteiger partial charge < -0.3 is 4.57 Å². The molecule has 3 aromatic carbocycles. The van der Waals surface area contributed by atoms with Crippen molar-refractivity contribution < 1.29 is 4.79 Å². The van der Waals surface area contributed by atoms with Gasteiger partial charge in [-0.3, -0.25) is 4.79 Å². The minimum Gasteiger partial charge on any atom is -0.315 e. The first-order valence-corrected chi connectivity index (χ1v) is 12.1. The van der Waals surface area contributed by atoms with Crippen molar-refractivity contribution in [3.63, 3.8) is 0 Å². The molecule has 0 saturated heterocycles. The second-order valence-corrected chi connectivity index (χ2v) is 9.28. The highest BCUT2D eigenvalue weighted by atomic mass is 32.2. The van der Waals surface area contributed by atoms with Crippen LogP contribution in [0.15, 0.2) is 71.7 Å². The molecule has 4 aromatic rings. The molecule has 3 nitrogen and oxygen atoms in total. The first-order valence-electron chi connectivity index (χ1n) is 9.91. The summed E-state index contributed by atoms with van der Waals surface area (Å²) in [6, 6.07) is 22.2. The van der Waals surface area contributed by atoms with Crippen LogP contribution in [0.5, 0.6) is 0 Å². The van der Waals surface area contributed by atoms with Crippen molar-refractivity contribution in [1.29, 1.82) is 0 Å². The summed E-state index contributed by atoms with van der Waals surface area (Å²) in [6.07, 6.45) is 2.10. The summed E-state index contributed by atoms with van der Waals surface area (Å²) in [5, 5.41) is 0. The van der Waals surface area contributed by atoms with Crippen LogP contribution in [0.4, 0.5) is 0 Å². The average Bonchev–Trinajstić information content (AvgIpc) is 3.10. The summed E-state index contributed by atoms with van der Waals surface area (Å²) in [5.41, 5.74) is 6.46. The predicted molar refractivity (Wildman–Crippen MR) is 129 cm³/mol. The summed E-state index contributed by atoms with van der Waals surface area (Å²) >= 11 is 3.40. The minimum absolute atomic E-state index is 0.201. The van der Waals surface area contributed by atoms with E-state index >= 15 is 0 Å². The number of aryl methyl sites for hydroxylation is 3. The number of nitrogens with zero attached hydrogens (tertiary/aromatic N) is 2. The molecule has 0 bridgehead atoms. The van der Waals surface area contributed by atoms with Gasteiger partial charge >= 0.3 is 0 Å². The highest BCUT2D eigenvalue weighted by Crippen LogP contribution is 2.24. The van der Waals surface area contributed by atoms with Gasteiger partial charge in [-0.25, -0.2) is 0 Å². The summed E-state index contributed by atoms with van der Waals surface area (Å²) in [4.78, 5) is 18.2. The zero-order valence-electron chi connectivity index (χ0n) is 17.4. The van der Waals surface area contributed by atoms with E-state index in [2.05, 4.69) is 53.9 Å². The lowest BCUT2D eigenvalue weighted by molar-refractivity contribution is 0.0998. The second kappa shape index (κ2) is 9.02. The number of thiazole rings is 1. The summed E-state index contributed by atoms with van der Waals surface area (Å²) < 4.78 is 3.39. The van der Waals surface area contributed by atoms with Gasteiger partial charge in [0.15, 0.2) is 4.80 Å². The van der Waals surface area contributed by atoms with Gasteiger partial charge in [0.25, 0.3) is 5.91 Å². The molecule has 1 heterocycles. The van der Waals surface area contributed by atoms with E-state index in [9.17, 15) is 4.79 Å². The van der Waals surface area contributed by atoms with E-state index in [1.807, 2.05) is 42.5 Å². The number of rotatable bonds is 5. The molecule has 152 valence electrons. The molecule has 4 rings (SSSR count). The third kappa shape index (κ3) is 4.27. The maximum Gasteiger partial charge on any atom is 0.279 e. The maximum atomic E-state index is 12.9. The molecule has 0 aliphatic carbocycles.